The Hall–Kier alpha value is -1.37. The number of hydrogen-bond donors (Lipinski definition) is 0. The molecule has 1 heteroatoms. The molecule has 0 atom stereocenters. The molecule has 0 bridgehead atoms. The molecule has 0 aromatic heterocycles. The molecule has 0 spiro atoms. The Kier molecular flexibility index (Phi) is 3.63. The van der Waals surface area contributed by atoms with Crippen molar-refractivity contribution in [1.29, 1.82) is 0 Å². The Balaban J connectivity index is 2.87. The van der Waals surface area contributed by atoms with Gasteiger partial charge in [-0.1, -0.05) is 44.7 Å². The minimum Gasteiger partial charge on any atom is -0.289 e. The molecule has 0 aliphatic heterocycles. The van der Waals surface area contributed by atoms with Gasteiger partial charge in [0.2, 0.25) is 0 Å². The number of carbonyl (C=O) groups is 1. The number of benzene rings is 1. The van der Waals surface area contributed by atoms with Crippen molar-refractivity contribution in [3.8, 4) is 0 Å². The molecule has 1 rings (SSSR count). The predicted octanol–water partition coefficient (Wildman–Crippen LogP) is 3.40. The van der Waals surface area contributed by atoms with Crippen molar-refractivity contribution < 1.29 is 4.79 Å². The van der Waals surface area contributed by atoms with Crippen molar-refractivity contribution in [3.05, 3.63) is 47.5 Å². The standard InChI is InChI=1S/C13H16O/c1-4-10(3)13(14)12-8-6-11(5-2)7-9-12/h6-9H,3-5H2,1-2H3. The summed E-state index contributed by atoms with van der Waals surface area (Å²) < 4.78 is 0. The highest BCUT2D eigenvalue weighted by molar-refractivity contribution is 6.08. The third-order valence-electron chi connectivity index (χ3n) is 2.37. The summed E-state index contributed by atoms with van der Waals surface area (Å²) in [6.07, 6.45) is 1.72. The van der Waals surface area contributed by atoms with Crippen LogP contribution < -0.4 is 0 Å². The Bertz CT molecular complexity index is 333. The third-order valence-corrected chi connectivity index (χ3v) is 2.37. The van der Waals surface area contributed by atoms with Gasteiger partial charge in [-0.05, 0) is 24.0 Å². The van der Waals surface area contributed by atoms with Gasteiger partial charge in [0, 0.05) is 5.56 Å². The molecule has 0 unspecified atom stereocenters. The molecule has 74 valence electrons. The van der Waals surface area contributed by atoms with Gasteiger partial charge in [0.1, 0.15) is 0 Å². The van der Waals surface area contributed by atoms with Gasteiger partial charge in [0.05, 0.1) is 0 Å². The molecule has 0 saturated carbocycles. The van der Waals surface area contributed by atoms with Crippen LogP contribution in [0.4, 0.5) is 0 Å². The van der Waals surface area contributed by atoms with Gasteiger partial charge in [-0.15, -0.1) is 0 Å². The quantitative estimate of drug-likeness (QED) is 0.523. The minimum absolute atomic E-state index is 0.0650. The molecule has 0 N–H and O–H groups in total. The van der Waals surface area contributed by atoms with Crippen LogP contribution in [-0.4, -0.2) is 5.78 Å². The van der Waals surface area contributed by atoms with Crippen molar-refractivity contribution in [2.45, 2.75) is 26.7 Å². The molecule has 0 amide bonds. The zero-order valence-corrected chi connectivity index (χ0v) is 8.84. The van der Waals surface area contributed by atoms with E-state index in [0.717, 1.165) is 12.0 Å². The number of carbonyl (C=O) groups excluding carboxylic acids is 1. The monoisotopic (exact) mass is 188 g/mol. The molecular weight excluding hydrogens is 172 g/mol. The first kappa shape index (κ1) is 10.7. The van der Waals surface area contributed by atoms with Crippen LogP contribution in [0.2, 0.25) is 0 Å². The lowest BCUT2D eigenvalue weighted by Gasteiger charge is -2.02. The molecule has 0 radical (unpaired) electrons. The second kappa shape index (κ2) is 4.75. The molecule has 0 saturated heterocycles. The first-order valence-electron chi connectivity index (χ1n) is 5.00. The van der Waals surface area contributed by atoms with E-state index < -0.39 is 0 Å². The number of allylic oxidation sites excluding steroid dienone is 1. The van der Waals surface area contributed by atoms with E-state index in [0.29, 0.717) is 12.0 Å². The van der Waals surface area contributed by atoms with Crippen molar-refractivity contribution in [3.63, 3.8) is 0 Å². The van der Waals surface area contributed by atoms with Crippen LogP contribution >= 0.6 is 0 Å². The van der Waals surface area contributed by atoms with E-state index in [9.17, 15) is 4.79 Å². The molecule has 14 heavy (non-hydrogen) atoms. The highest BCUT2D eigenvalue weighted by Gasteiger charge is 2.07. The number of hydrogen-bond acceptors (Lipinski definition) is 1. The molecule has 0 aliphatic carbocycles. The first-order valence-corrected chi connectivity index (χ1v) is 5.00. The largest absolute Gasteiger partial charge is 0.289 e. The van der Waals surface area contributed by atoms with Gasteiger partial charge >= 0.3 is 0 Å². The van der Waals surface area contributed by atoms with E-state index >= 15 is 0 Å². The van der Waals surface area contributed by atoms with E-state index in [-0.39, 0.29) is 5.78 Å². The van der Waals surface area contributed by atoms with Crippen LogP contribution in [-0.2, 0) is 6.42 Å². The summed E-state index contributed by atoms with van der Waals surface area (Å²) >= 11 is 0. The van der Waals surface area contributed by atoms with Crippen LogP contribution in [0.5, 0.6) is 0 Å². The lowest BCUT2D eigenvalue weighted by atomic mass is 10.0. The Morgan fingerprint density at radius 2 is 1.79 bits per heavy atom. The molecule has 1 aromatic carbocycles. The molecule has 1 nitrogen and oxygen atoms in total. The zero-order valence-electron chi connectivity index (χ0n) is 8.84. The van der Waals surface area contributed by atoms with Gasteiger partial charge in [0.25, 0.3) is 0 Å². The maximum absolute atomic E-state index is 11.7. The number of aryl methyl sites for hydroxylation is 1. The summed E-state index contributed by atoms with van der Waals surface area (Å²) in [7, 11) is 0. The number of Topliss-reactive ketones (excluding diaryl/α,β-unsaturated/α-hetero) is 1. The van der Waals surface area contributed by atoms with Crippen molar-refractivity contribution >= 4 is 5.78 Å². The van der Waals surface area contributed by atoms with Crippen molar-refractivity contribution in [1.82, 2.24) is 0 Å². The summed E-state index contributed by atoms with van der Waals surface area (Å²) in [4.78, 5) is 11.7. The Morgan fingerprint density at radius 1 is 1.21 bits per heavy atom. The molecule has 0 fully saturated rings. The predicted molar refractivity (Wildman–Crippen MR) is 59.6 cm³/mol. The average Bonchev–Trinajstić information content (AvgIpc) is 2.27. The Labute approximate surface area is 85.5 Å². The summed E-state index contributed by atoms with van der Waals surface area (Å²) in [5, 5.41) is 0. The van der Waals surface area contributed by atoms with Gasteiger partial charge in [-0.2, -0.15) is 0 Å². The SMILES string of the molecule is C=C(CC)C(=O)c1ccc(CC)cc1. The smallest absolute Gasteiger partial charge is 0.188 e. The Morgan fingerprint density at radius 3 is 2.21 bits per heavy atom. The fourth-order valence-electron chi connectivity index (χ4n) is 1.26. The van der Waals surface area contributed by atoms with E-state index in [4.69, 9.17) is 0 Å². The van der Waals surface area contributed by atoms with Crippen molar-refractivity contribution in [2.75, 3.05) is 0 Å². The van der Waals surface area contributed by atoms with Crippen LogP contribution in [0.3, 0.4) is 0 Å². The van der Waals surface area contributed by atoms with Crippen LogP contribution in [0.15, 0.2) is 36.4 Å². The van der Waals surface area contributed by atoms with Crippen LogP contribution in [0, 0.1) is 0 Å². The van der Waals surface area contributed by atoms with E-state index in [1.54, 1.807) is 0 Å². The zero-order chi connectivity index (χ0) is 10.6. The molecular formula is C13H16O. The van der Waals surface area contributed by atoms with Gasteiger partial charge < -0.3 is 0 Å². The second-order valence-corrected chi connectivity index (χ2v) is 3.34. The van der Waals surface area contributed by atoms with Gasteiger partial charge in [-0.3, -0.25) is 4.79 Å². The van der Waals surface area contributed by atoms with E-state index in [1.807, 2.05) is 31.2 Å². The van der Waals surface area contributed by atoms with Crippen molar-refractivity contribution in [2.24, 2.45) is 0 Å². The summed E-state index contributed by atoms with van der Waals surface area (Å²) in [6, 6.07) is 7.75. The lowest BCUT2D eigenvalue weighted by Crippen LogP contribution is -2.01. The number of rotatable bonds is 4. The number of ketones is 1. The van der Waals surface area contributed by atoms with E-state index in [2.05, 4.69) is 13.5 Å². The fraction of sp³-hybridized carbons (Fsp3) is 0.308. The van der Waals surface area contributed by atoms with E-state index in [1.165, 1.54) is 5.56 Å². The second-order valence-electron chi connectivity index (χ2n) is 3.34. The lowest BCUT2D eigenvalue weighted by molar-refractivity contribution is 0.103. The van der Waals surface area contributed by atoms with Crippen LogP contribution in [0.25, 0.3) is 0 Å². The molecule has 1 aromatic rings. The minimum atomic E-state index is 0.0650. The summed E-state index contributed by atoms with van der Waals surface area (Å²) in [6.45, 7) is 7.79. The highest BCUT2D eigenvalue weighted by Crippen LogP contribution is 2.11. The summed E-state index contributed by atoms with van der Waals surface area (Å²) in [5.41, 5.74) is 2.67. The summed E-state index contributed by atoms with van der Waals surface area (Å²) in [5.74, 6) is 0.0650. The topological polar surface area (TPSA) is 17.1 Å². The fourth-order valence-corrected chi connectivity index (χ4v) is 1.26. The molecule has 0 aliphatic rings. The average molecular weight is 188 g/mol. The van der Waals surface area contributed by atoms with Crippen LogP contribution in [0.1, 0.15) is 36.2 Å². The maximum atomic E-state index is 11.7. The maximum Gasteiger partial charge on any atom is 0.188 e. The first-order chi connectivity index (χ1) is 6.69. The molecule has 0 heterocycles. The third kappa shape index (κ3) is 2.32. The highest BCUT2D eigenvalue weighted by atomic mass is 16.1. The van der Waals surface area contributed by atoms with Gasteiger partial charge in [-0.25, -0.2) is 0 Å². The van der Waals surface area contributed by atoms with Gasteiger partial charge in [0.15, 0.2) is 5.78 Å². The normalized spacial score (nSPS) is 9.86.